The monoisotopic (exact) mass is 451 g/mol. The van der Waals surface area contributed by atoms with E-state index in [1.807, 2.05) is 0 Å². The van der Waals surface area contributed by atoms with Crippen molar-refractivity contribution >= 4 is 27.5 Å². The van der Waals surface area contributed by atoms with Crippen molar-refractivity contribution in [2.45, 2.75) is 10.9 Å². The number of carbonyl (C=O) groups excluding carboxylic acids is 1. The van der Waals surface area contributed by atoms with Gasteiger partial charge in [-0.25, -0.2) is 17.8 Å². The highest BCUT2D eigenvalue weighted by Gasteiger charge is 2.39. The first-order chi connectivity index (χ1) is 14.3. The van der Waals surface area contributed by atoms with Crippen molar-refractivity contribution in [1.82, 2.24) is 14.2 Å². The number of rotatable bonds is 5. The minimum atomic E-state index is -3.62. The molecule has 3 heterocycles. The van der Waals surface area contributed by atoms with Crippen LogP contribution in [0.4, 0.5) is 4.39 Å². The molecule has 2 saturated heterocycles. The standard InChI is InChI=1S/C20H19ClFN3O4S/c21-16-5-13(6-17(22)7-16)18(12-26)20(27)24-8-14(9-24)15-10-25(11-15)30(28,29)19-3-1-2-4-23-19/h1-7,18,26H,8-12H2. The summed E-state index contributed by atoms with van der Waals surface area (Å²) in [6.45, 7) is 0.825. The zero-order chi connectivity index (χ0) is 21.5. The number of hydrogen-bond acceptors (Lipinski definition) is 5. The third kappa shape index (κ3) is 3.85. The van der Waals surface area contributed by atoms with Gasteiger partial charge in [0, 0.05) is 37.4 Å². The number of aromatic nitrogens is 1. The van der Waals surface area contributed by atoms with E-state index >= 15 is 0 Å². The van der Waals surface area contributed by atoms with Crippen LogP contribution in [-0.4, -0.2) is 66.4 Å². The molecule has 1 aromatic heterocycles. The molecule has 10 heteroatoms. The Kier molecular flexibility index (Phi) is 5.63. The van der Waals surface area contributed by atoms with E-state index in [-0.39, 0.29) is 29.0 Å². The van der Waals surface area contributed by atoms with Crippen molar-refractivity contribution in [2.24, 2.45) is 0 Å². The van der Waals surface area contributed by atoms with Gasteiger partial charge in [0.05, 0.1) is 12.5 Å². The molecule has 1 unspecified atom stereocenters. The van der Waals surface area contributed by atoms with Crippen LogP contribution in [0.3, 0.4) is 0 Å². The third-order valence-corrected chi connectivity index (χ3v) is 7.25. The first kappa shape index (κ1) is 20.9. The van der Waals surface area contributed by atoms with E-state index < -0.39 is 28.4 Å². The van der Waals surface area contributed by atoms with Crippen LogP contribution < -0.4 is 0 Å². The van der Waals surface area contributed by atoms with E-state index in [0.717, 1.165) is 17.2 Å². The van der Waals surface area contributed by atoms with Crippen molar-refractivity contribution in [3.8, 4) is 0 Å². The highest BCUT2D eigenvalue weighted by atomic mass is 35.5. The molecule has 1 amide bonds. The van der Waals surface area contributed by atoms with Gasteiger partial charge in [-0.1, -0.05) is 17.7 Å². The van der Waals surface area contributed by atoms with E-state index in [1.165, 1.54) is 28.7 Å². The lowest BCUT2D eigenvalue weighted by Gasteiger charge is -2.42. The molecule has 2 fully saturated rings. The smallest absolute Gasteiger partial charge is 0.261 e. The first-order valence-corrected chi connectivity index (χ1v) is 11.1. The van der Waals surface area contributed by atoms with Gasteiger partial charge >= 0.3 is 0 Å². The average molecular weight is 452 g/mol. The Labute approximate surface area is 178 Å². The molecule has 0 bridgehead atoms. The molecule has 30 heavy (non-hydrogen) atoms. The maximum atomic E-state index is 13.6. The molecule has 158 valence electrons. The molecular weight excluding hydrogens is 433 g/mol. The van der Waals surface area contributed by atoms with Gasteiger partial charge in [-0.3, -0.25) is 4.79 Å². The first-order valence-electron chi connectivity index (χ1n) is 9.26. The molecule has 4 rings (SSSR count). The largest absolute Gasteiger partial charge is 0.395 e. The van der Waals surface area contributed by atoms with Gasteiger partial charge in [0.2, 0.25) is 5.91 Å². The summed E-state index contributed by atoms with van der Waals surface area (Å²) in [4.78, 5) is 18.2. The highest BCUT2D eigenvalue weighted by molar-refractivity contribution is 7.89. The van der Waals surface area contributed by atoms with E-state index in [1.54, 1.807) is 17.0 Å². The second-order valence-corrected chi connectivity index (χ2v) is 9.60. The van der Waals surface area contributed by atoms with Crippen LogP contribution in [-0.2, 0) is 14.8 Å². The van der Waals surface area contributed by atoms with E-state index in [2.05, 4.69) is 4.98 Å². The molecule has 2 aliphatic rings. The molecule has 1 atom stereocenters. The Morgan fingerprint density at radius 3 is 2.47 bits per heavy atom. The summed E-state index contributed by atoms with van der Waals surface area (Å²) in [6, 6.07) is 8.53. The van der Waals surface area contributed by atoms with Crippen LogP contribution in [0.1, 0.15) is 11.5 Å². The number of pyridine rings is 1. The van der Waals surface area contributed by atoms with Crippen molar-refractivity contribution in [1.29, 1.82) is 0 Å². The average Bonchev–Trinajstić information content (AvgIpc) is 2.62. The molecular formula is C20H19ClFN3O4S. The van der Waals surface area contributed by atoms with Crippen LogP contribution in [0.5, 0.6) is 0 Å². The molecule has 1 aromatic carbocycles. The van der Waals surface area contributed by atoms with Crippen LogP contribution in [0, 0.1) is 5.82 Å². The van der Waals surface area contributed by atoms with E-state index in [0.29, 0.717) is 18.7 Å². The Hall–Kier alpha value is -2.33. The van der Waals surface area contributed by atoms with Crippen LogP contribution in [0.15, 0.2) is 58.8 Å². The zero-order valence-corrected chi connectivity index (χ0v) is 17.4. The lowest BCUT2D eigenvalue weighted by Crippen LogP contribution is -2.52. The fourth-order valence-corrected chi connectivity index (χ4v) is 5.11. The van der Waals surface area contributed by atoms with Gasteiger partial charge in [0.15, 0.2) is 5.03 Å². The van der Waals surface area contributed by atoms with Crippen LogP contribution in [0.25, 0.3) is 0 Å². The molecule has 2 aliphatic heterocycles. The Morgan fingerprint density at radius 2 is 1.87 bits per heavy atom. The lowest BCUT2D eigenvalue weighted by molar-refractivity contribution is -0.135. The van der Waals surface area contributed by atoms with Crippen LogP contribution in [0.2, 0.25) is 5.02 Å². The summed E-state index contributed by atoms with van der Waals surface area (Å²) in [5, 5.41) is 9.83. The molecule has 1 N–H and O–H groups in total. The van der Waals surface area contributed by atoms with Gasteiger partial charge in [-0.15, -0.1) is 0 Å². The quantitative estimate of drug-likeness (QED) is 0.700. The summed E-state index contributed by atoms with van der Waals surface area (Å²) in [5.41, 5.74) is 2.31. The Morgan fingerprint density at radius 1 is 1.17 bits per heavy atom. The Bertz CT molecular complexity index is 1090. The minimum absolute atomic E-state index is 0.0130. The summed E-state index contributed by atoms with van der Waals surface area (Å²) in [5.74, 6) is -1.79. The summed E-state index contributed by atoms with van der Waals surface area (Å²) in [6.07, 6.45) is 1.44. The molecule has 0 saturated carbocycles. The lowest BCUT2D eigenvalue weighted by atomic mass is 9.92. The predicted molar refractivity (Wildman–Crippen MR) is 108 cm³/mol. The normalized spacial score (nSPS) is 18.0. The second-order valence-electron chi connectivity index (χ2n) is 7.28. The number of nitrogens with zero attached hydrogens (tertiary/aromatic N) is 3. The predicted octanol–water partition coefficient (Wildman–Crippen LogP) is 1.79. The van der Waals surface area contributed by atoms with E-state index in [9.17, 15) is 22.7 Å². The fraction of sp³-hybridized carbons (Fsp3) is 0.300. The number of aliphatic hydroxyl groups is 1. The SMILES string of the molecule is O=C(C(CO)c1cc(F)cc(Cl)c1)N1CC(=C2CN(S(=O)(=O)c3ccccn3)C2)C1. The number of benzene rings is 1. The van der Waals surface area contributed by atoms with Crippen LogP contribution >= 0.6 is 11.6 Å². The van der Waals surface area contributed by atoms with Gasteiger partial charge in [0.1, 0.15) is 5.82 Å². The van der Waals surface area contributed by atoms with Crippen molar-refractivity contribution in [3.05, 3.63) is 70.1 Å². The molecule has 0 radical (unpaired) electrons. The molecule has 7 nitrogen and oxygen atoms in total. The molecule has 0 aliphatic carbocycles. The third-order valence-electron chi connectivity index (χ3n) is 5.32. The molecule has 0 spiro atoms. The highest BCUT2D eigenvalue weighted by Crippen LogP contribution is 2.32. The molecule has 2 aromatic rings. The Balaban J connectivity index is 1.39. The maximum absolute atomic E-state index is 13.6. The summed E-state index contributed by atoms with van der Waals surface area (Å²) >= 11 is 5.86. The minimum Gasteiger partial charge on any atom is -0.395 e. The number of amides is 1. The number of carbonyl (C=O) groups is 1. The van der Waals surface area contributed by atoms with Gasteiger partial charge in [-0.2, -0.15) is 4.31 Å². The second kappa shape index (κ2) is 8.07. The zero-order valence-electron chi connectivity index (χ0n) is 15.8. The fourth-order valence-electron chi connectivity index (χ4n) is 3.52. The van der Waals surface area contributed by atoms with Crippen molar-refractivity contribution in [2.75, 3.05) is 32.8 Å². The number of sulfonamides is 1. The van der Waals surface area contributed by atoms with E-state index in [4.69, 9.17) is 11.6 Å². The summed E-state index contributed by atoms with van der Waals surface area (Å²) in [7, 11) is -3.62. The summed E-state index contributed by atoms with van der Waals surface area (Å²) < 4.78 is 40.0. The van der Waals surface area contributed by atoms with Crippen molar-refractivity contribution < 1.29 is 22.7 Å². The maximum Gasteiger partial charge on any atom is 0.261 e. The number of halogens is 2. The van der Waals surface area contributed by atoms with Gasteiger partial charge < -0.3 is 10.0 Å². The van der Waals surface area contributed by atoms with Gasteiger partial charge in [-0.05, 0) is 47.0 Å². The number of hydrogen-bond donors (Lipinski definition) is 1. The number of aliphatic hydroxyl groups excluding tert-OH is 1. The van der Waals surface area contributed by atoms with Crippen molar-refractivity contribution in [3.63, 3.8) is 0 Å². The topological polar surface area (TPSA) is 90.8 Å². The number of likely N-dealkylation sites (tertiary alicyclic amines) is 1. The van der Waals surface area contributed by atoms with Gasteiger partial charge in [0.25, 0.3) is 10.0 Å².